The zero-order valence-corrected chi connectivity index (χ0v) is 8.63. The van der Waals surface area contributed by atoms with Gasteiger partial charge in [0.05, 0.1) is 0 Å². The van der Waals surface area contributed by atoms with Crippen LogP contribution in [0.3, 0.4) is 0 Å². The number of hydrogen-bond donors (Lipinski definition) is 1. The summed E-state index contributed by atoms with van der Waals surface area (Å²) in [6.45, 7) is 2.41. The van der Waals surface area contributed by atoms with Crippen LogP contribution in [0.4, 0.5) is 10.1 Å². The molecule has 0 heterocycles. The topological polar surface area (TPSA) is 52.3 Å². The maximum absolute atomic E-state index is 12.8. The molecule has 4 heteroatoms. The van der Waals surface area contributed by atoms with Crippen molar-refractivity contribution in [3.8, 4) is 0 Å². The van der Waals surface area contributed by atoms with Crippen LogP contribution in [0.5, 0.6) is 0 Å². The maximum Gasteiger partial charge on any atom is 0.190 e. The molecule has 3 nitrogen and oxygen atoms in total. The highest BCUT2D eigenvalue weighted by Crippen LogP contribution is 2.14. The first-order valence-corrected chi connectivity index (χ1v) is 4.81. The van der Waals surface area contributed by atoms with Crippen molar-refractivity contribution in [1.29, 1.82) is 0 Å². The SMILES string of the molecule is CCCOCC(=O)c1cc(F)ccc1N. The molecule has 1 rings (SSSR count). The number of anilines is 1. The largest absolute Gasteiger partial charge is 0.398 e. The van der Waals surface area contributed by atoms with Crippen LogP contribution in [0, 0.1) is 5.82 Å². The number of carbonyl (C=O) groups is 1. The zero-order chi connectivity index (χ0) is 11.3. The lowest BCUT2D eigenvalue weighted by Crippen LogP contribution is -2.12. The van der Waals surface area contributed by atoms with E-state index in [9.17, 15) is 9.18 Å². The van der Waals surface area contributed by atoms with Gasteiger partial charge in [-0.2, -0.15) is 0 Å². The monoisotopic (exact) mass is 211 g/mol. The van der Waals surface area contributed by atoms with E-state index < -0.39 is 5.82 Å². The number of Topliss-reactive ketones (excluding diaryl/α,β-unsaturated/α-hetero) is 1. The zero-order valence-electron chi connectivity index (χ0n) is 8.63. The fraction of sp³-hybridized carbons (Fsp3) is 0.364. The van der Waals surface area contributed by atoms with Gasteiger partial charge in [0.25, 0.3) is 0 Å². The summed E-state index contributed by atoms with van der Waals surface area (Å²) in [6, 6.07) is 3.73. The lowest BCUT2D eigenvalue weighted by Gasteiger charge is -2.05. The van der Waals surface area contributed by atoms with Gasteiger partial charge in [0, 0.05) is 17.9 Å². The second-order valence-electron chi connectivity index (χ2n) is 3.21. The molecular formula is C11H14FNO2. The van der Waals surface area contributed by atoms with Gasteiger partial charge in [0.2, 0.25) is 0 Å². The summed E-state index contributed by atoms with van der Waals surface area (Å²) in [4.78, 5) is 11.5. The van der Waals surface area contributed by atoms with Crippen LogP contribution in [-0.2, 0) is 4.74 Å². The molecule has 2 N–H and O–H groups in total. The summed E-state index contributed by atoms with van der Waals surface area (Å²) in [7, 11) is 0. The van der Waals surface area contributed by atoms with Gasteiger partial charge in [0.15, 0.2) is 5.78 Å². The molecule has 0 saturated carbocycles. The third-order valence-electron chi connectivity index (χ3n) is 1.90. The minimum absolute atomic E-state index is 0.0541. The van der Waals surface area contributed by atoms with Gasteiger partial charge >= 0.3 is 0 Å². The molecule has 0 bridgehead atoms. The molecule has 0 aromatic heterocycles. The molecule has 15 heavy (non-hydrogen) atoms. The molecule has 82 valence electrons. The Kier molecular flexibility index (Phi) is 4.24. The standard InChI is InChI=1S/C11H14FNO2/c1-2-5-15-7-11(14)9-6-8(12)3-4-10(9)13/h3-4,6H,2,5,7,13H2,1H3. The average Bonchev–Trinajstić information content (AvgIpc) is 2.22. The predicted octanol–water partition coefficient (Wildman–Crippen LogP) is 2.02. The molecule has 0 fully saturated rings. The third kappa shape index (κ3) is 3.32. The number of nitrogen functional groups attached to an aromatic ring is 1. The van der Waals surface area contributed by atoms with E-state index in [4.69, 9.17) is 10.5 Å². The number of ketones is 1. The van der Waals surface area contributed by atoms with Crippen molar-refractivity contribution in [3.63, 3.8) is 0 Å². The summed E-state index contributed by atoms with van der Waals surface area (Å²) >= 11 is 0. The molecular weight excluding hydrogens is 197 g/mol. The van der Waals surface area contributed by atoms with E-state index in [-0.39, 0.29) is 23.6 Å². The molecule has 1 aromatic rings. The number of hydrogen-bond acceptors (Lipinski definition) is 3. The van der Waals surface area contributed by atoms with Gasteiger partial charge in [-0.25, -0.2) is 4.39 Å². The van der Waals surface area contributed by atoms with E-state index in [1.807, 2.05) is 6.92 Å². The molecule has 0 saturated heterocycles. The first-order valence-electron chi connectivity index (χ1n) is 4.81. The Balaban J connectivity index is 2.68. The second kappa shape index (κ2) is 5.46. The van der Waals surface area contributed by atoms with Crippen molar-refractivity contribution in [2.24, 2.45) is 0 Å². The van der Waals surface area contributed by atoms with Crippen molar-refractivity contribution in [1.82, 2.24) is 0 Å². The Labute approximate surface area is 88.0 Å². The van der Waals surface area contributed by atoms with E-state index in [1.54, 1.807) is 0 Å². The Hall–Kier alpha value is -1.42. The fourth-order valence-corrected chi connectivity index (χ4v) is 1.16. The van der Waals surface area contributed by atoms with Crippen molar-refractivity contribution in [2.75, 3.05) is 18.9 Å². The molecule has 0 amide bonds. The predicted molar refractivity (Wildman–Crippen MR) is 56.3 cm³/mol. The molecule has 0 unspecified atom stereocenters. The summed E-state index contributed by atoms with van der Waals surface area (Å²) in [6.07, 6.45) is 0.839. The van der Waals surface area contributed by atoms with Gasteiger partial charge < -0.3 is 10.5 Å². The molecule has 0 radical (unpaired) electrons. The molecule has 1 aromatic carbocycles. The quantitative estimate of drug-likeness (QED) is 0.460. The van der Waals surface area contributed by atoms with Crippen LogP contribution in [0.15, 0.2) is 18.2 Å². The number of benzene rings is 1. The Morgan fingerprint density at radius 3 is 2.93 bits per heavy atom. The minimum Gasteiger partial charge on any atom is -0.398 e. The number of ether oxygens (including phenoxy) is 1. The first kappa shape index (κ1) is 11.7. The molecule has 0 aliphatic heterocycles. The van der Waals surface area contributed by atoms with Crippen molar-refractivity contribution in [2.45, 2.75) is 13.3 Å². The molecule has 0 atom stereocenters. The number of carbonyl (C=O) groups excluding carboxylic acids is 1. The third-order valence-corrected chi connectivity index (χ3v) is 1.90. The van der Waals surface area contributed by atoms with Crippen LogP contribution >= 0.6 is 0 Å². The number of halogens is 1. The van der Waals surface area contributed by atoms with Crippen LogP contribution in [0.2, 0.25) is 0 Å². The fourth-order valence-electron chi connectivity index (χ4n) is 1.16. The molecule has 0 aliphatic carbocycles. The first-order chi connectivity index (χ1) is 7.15. The highest BCUT2D eigenvalue weighted by Gasteiger charge is 2.10. The van der Waals surface area contributed by atoms with Crippen molar-refractivity contribution < 1.29 is 13.9 Å². The Morgan fingerprint density at radius 2 is 2.27 bits per heavy atom. The lowest BCUT2D eigenvalue weighted by atomic mass is 10.1. The van der Waals surface area contributed by atoms with Crippen LogP contribution in [0.1, 0.15) is 23.7 Å². The smallest absolute Gasteiger partial charge is 0.190 e. The Bertz CT molecular complexity index is 352. The summed E-state index contributed by atoms with van der Waals surface area (Å²) in [5, 5.41) is 0. The van der Waals surface area contributed by atoms with Crippen molar-refractivity contribution >= 4 is 11.5 Å². The van der Waals surface area contributed by atoms with E-state index >= 15 is 0 Å². The van der Waals surface area contributed by atoms with Crippen LogP contribution < -0.4 is 5.73 Å². The van der Waals surface area contributed by atoms with Gasteiger partial charge in [-0.1, -0.05) is 6.92 Å². The number of rotatable bonds is 5. The average molecular weight is 211 g/mol. The second-order valence-corrected chi connectivity index (χ2v) is 3.21. The maximum atomic E-state index is 12.8. The number of nitrogens with two attached hydrogens (primary N) is 1. The van der Waals surface area contributed by atoms with Crippen LogP contribution in [-0.4, -0.2) is 19.0 Å². The van der Waals surface area contributed by atoms with Gasteiger partial charge in [-0.15, -0.1) is 0 Å². The van der Waals surface area contributed by atoms with E-state index in [0.29, 0.717) is 6.61 Å². The highest BCUT2D eigenvalue weighted by atomic mass is 19.1. The summed E-state index contributed by atoms with van der Waals surface area (Å²) in [5.41, 5.74) is 6.02. The van der Waals surface area contributed by atoms with E-state index in [1.165, 1.54) is 12.1 Å². The van der Waals surface area contributed by atoms with E-state index in [0.717, 1.165) is 12.5 Å². The Morgan fingerprint density at radius 1 is 1.53 bits per heavy atom. The normalized spacial score (nSPS) is 10.3. The summed E-state index contributed by atoms with van der Waals surface area (Å²) < 4.78 is 17.9. The summed E-state index contributed by atoms with van der Waals surface area (Å²) in [5.74, 6) is -0.761. The van der Waals surface area contributed by atoms with Gasteiger partial charge in [0.1, 0.15) is 12.4 Å². The lowest BCUT2D eigenvalue weighted by molar-refractivity contribution is 0.0762. The van der Waals surface area contributed by atoms with E-state index in [2.05, 4.69) is 0 Å². The van der Waals surface area contributed by atoms with Gasteiger partial charge in [-0.3, -0.25) is 4.79 Å². The highest BCUT2D eigenvalue weighted by molar-refractivity contribution is 6.01. The van der Waals surface area contributed by atoms with Gasteiger partial charge in [-0.05, 0) is 24.6 Å². The van der Waals surface area contributed by atoms with Crippen LogP contribution in [0.25, 0.3) is 0 Å². The molecule has 0 spiro atoms. The van der Waals surface area contributed by atoms with Crippen molar-refractivity contribution in [3.05, 3.63) is 29.6 Å². The minimum atomic E-state index is -0.469. The molecule has 0 aliphatic rings.